The number of nitrogens with zero attached hydrogens (tertiary/aromatic N) is 3. The summed E-state index contributed by atoms with van der Waals surface area (Å²) in [5.41, 5.74) is 15.0. The van der Waals surface area contributed by atoms with Crippen molar-refractivity contribution in [2.75, 3.05) is 9.71 Å². The van der Waals surface area contributed by atoms with Gasteiger partial charge in [0.2, 0.25) is 0 Å². The van der Waals surface area contributed by atoms with Crippen molar-refractivity contribution in [3.8, 4) is 11.1 Å². The van der Waals surface area contributed by atoms with Gasteiger partial charge in [0.1, 0.15) is 0 Å². The average Bonchev–Trinajstić information content (AvgIpc) is 2.90. The summed E-state index contributed by atoms with van der Waals surface area (Å²) < 4.78 is 0. The van der Waals surface area contributed by atoms with E-state index in [1.807, 2.05) is 12.4 Å². The fraction of sp³-hybridized carbons (Fsp3) is 0.0938. The smallest absolute Gasteiger partial charge is 0.333 e. The van der Waals surface area contributed by atoms with Crippen molar-refractivity contribution in [1.29, 1.82) is 0 Å². The molecule has 2 aliphatic heterocycles. The molecule has 0 aliphatic carbocycles. The number of hydrogen-bond acceptors (Lipinski definition) is 3. The molecule has 2 aliphatic rings. The molecule has 7 rings (SSSR count). The van der Waals surface area contributed by atoms with Crippen LogP contribution in [0.1, 0.15) is 16.7 Å². The number of para-hydroxylation sites is 2. The minimum absolute atomic E-state index is 0.0498. The first-order valence-electron chi connectivity index (χ1n) is 12.5. The van der Waals surface area contributed by atoms with Crippen molar-refractivity contribution in [1.82, 2.24) is 4.98 Å². The normalized spacial score (nSPS) is 13.2. The van der Waals surface area contributed by atoms with E-state index in [0.717, 1.165) is 5.69 Å². The maximum Gasteiger partial charge on any atom is 0.333 e. The molecule has 0 N–H and O–H groups in total. The van der Waals surface area contributed by atoms with Crippen LogP contribution in [0.15, 0.2) is 103 Å². The summed E-state index contributed by atoms with van der Waals surface area (Å²) in [6, 6.07) is 33.1. The van der Waals surface area contributed by atoms with E-state index in [1.54, 1.807) is 0 Å². The van der Waals surface area contributed by atoms with E-state index in [0.29, 0.717) is 0 Å². The zero-order valence-electron chi connectivity index (χ0n) is 20.7. The maximum atomic E-state index is 4.61. The molecule has 0 radical (unpaired) electrons. The molecular formula is C32H26BN3. The van der Waals surface area contributed by atoms with Gasteiger partial charge in [-0.05, 0) is 78.7 Å². The maximum absolute atomic E-state index is 4.61. The number of benzene rings is 4. The Balaban J connectivity index is 1.60. The first-order chi connectivity index (χ1) is 17.6. The molecule has 4 heteroatoms. The summed E-state index contributed by atoms with van der Waals surface area (Å²) in [4.78, 5) is 9.56. The zero-order valence-corrected chi connectivity index (χ0v) is 20.7. The Labute approximate surface area is 212 Å². The minimum atomic E-state index is 0.0498. The van der Waals surface area contributed by atoms with Crippen molar-refractivity contribution in [3.05, 3.63) is 120 Å². The van der Waals surface area contributed by atoms with E-state index in [9.17, 15) is 0 Å². The van der Waals surface area contributed by atoms with Crippen LogP contribution in [0.5, 0.6) is 0 Å². The van der Waals surface area contributed by atoms with Gasteiger partial charge in [-0.2, -0.15) is 0 Å². The van der Waals surface area contributed by atoms with Gasteiger partial charge in [-0.1, -0.05) is 66.2 Å². The van der Waals surface area contributed by atoms with Gasteiger partial charge in [-0.3, -0.25) is 4.98 Å². The van der Waals surface area contributed by atoms with Gasteiger partial charge in [-0.25, -0.2) is 0 Å². The number of fused-ring (bicyclic) bond motifs is 4. The van der Waals surface area contributed by atoms with E-state index in [2.05, 4.69) is 126 Å². The molecule has 3 nitrogen and oxygen atoms in total. The van der Waals surface area contributed by atoms with Crippen LogP contribution in [0.4, 0.5) is 28.4 Å². The molecule has 0 fully saturated rings. The number of aryl methyl sites for hydroxylation is 3. The highest BCUT2D eigenvalue weighted by Gasteiger charge is 2.44. The Kier molecular flexibility index (Phi) is 4.59. The summed E-state index contributed by atoms with van der Waals surface area (Å²) in [7, 11) is 0. The van der Waals surface area contributed by atoms with Gasteiger partial charge in [-0.15, -0.1) is 0 Å². The summed E-state index contributed by atoms with van der Waals surface area (Å²) in [5.74, 6) is 0. The first kappa shape index (κ1) is 21.0. The second kappa shape index (κ2) is 7.86. The van der Waals surface area contributed by atoms with Gasteiger partial charge in [0.15, 0.2) is 0 Å². The van der Waals surface area contributed by atoms with Crippen molar-refractivity contribution < 1.29 is 0 Å². The third-order valence-corrected chi connectivity index (χ3v) is 7.57. The number of hydrogen-bond donors (Lipinski definition) is 0. The van der Waals surface area contributed by atoms with Crippen LogP contribution in [-0.2, 0) is 0 Å². The highest BCUT2D eigenvalue weighted by atomic mass is 15.2. The van der Waals surface area contributed by atoms with Gasteiger partial charge in [0, 0.05) is 28.8 Å². The predicted molar refractivity (Wildman–Crippen MR) is 152 cm³/mol. The third-order valence-electron chi connectivity index (χ3n) is 7.57. The van der Waals surface area contributed by atoms with Gasteiger partial charge in [0.05, 0.1) is 17.6 Å². The molecular weight excluding hydrogens is 437 g/mol. The molecule has 172 valence electrons. The lowest BCUT2D eigenvalue weighted by atomic mass is 9.43. The SMILES string of the molecule is Cc1cc(C)c(N2c3cnccc3B3c4c(cccc42)-c2ccccc2N3c2ccccc2)c(C)c1. The van der Waals surface area contributed by atoms with E-state index in [4.69, 9.17) is 0 Å². The van der Waals surface area contributed by atoms with Crippen molar-refractivity contribution >= 4 is 46.2 Å². The Morgan fingerprint density at radius 3 is 2.17 bits per heavy atom. The van der Waals surface area contributed by atoms with Crippen LogP contribution >= 0.6 is 0 Å². The number of rotatable bonds is 2. The largest absolute Gasteiger partial charge is 0.376 e. The minimum Gasteiger partial charge on any atom is -0.376 e. The molecule has 0 unspecified atom stereocenters. The lowest BCUT2D eigenvalue weighted by Crippen LogP contribution is -2.61. The lowest BCUT2D eigenvalue weighted by molar-refractivity contribution is 1.18. The fourth-order valence-electron chi connectivity index (χ4n) is 6.33. The molecule has 1 aromatic heterocycles. The van der Waals surface area contributed by atoms with E-state index in [-0.39, 0.29) is 6.85 Å². The van der Waals surface area contributed by atoms with Crippen molar-refractivity contribution in [3.63, 3.8) is 0 Å². The van der Waals surface area contributed by atoms with E-state index >= 15 is 0 Å². The monoisotopic (exact) mass is 463 g/mol. The van der Waals surface area contributed by atoms with Crippen LogP contribution in [-0.4, -0.2) is 11.8 Å². The van der Waals surface area contributed by atoms with Crippen molar-refractivity contribution in [2.45, 2.75) is 20.8 Å². The molecule has 0 amide bonds. The highest BCUT2D eigenvalue weighted by Crippen LogP contribution is 2.46. The lowest BCUT2D eigenvalue weighted by Gasteiger charge is -2.45. The molecule has 3 heterocycles. The second-order valence-electron chi connectivity index (χ2n) is 9.88. The van der Waals surface area contributed by atoms with Crippen LogP contribution in [0.25, 0.3) is 11.1 Å². The first-order valence-corrected chi connectivity index (χ1v) is 12.5. The quantitative estimate of drug-likeness (QED) is 0.271. The Morgan fingerprint density at radius 1 is 0.667 bits per heavy atom. The molecule has 36 heavy (non-hydrogen) atoms. The molecule has 0 saturated carbocycles. The van der Waals surface area contributed by atoms with Crippen molar-refractivity contribution in [2.24, 2.45) is 0 Å². The Bertz CT molecular complexity index is 1620. The zero-order chi connectivity index (χ0) is 24.4. The van der Waals surface area contributed by atoms with E-state index in [1.165, 1.54) is 61.5 Å². The molecule has 0 bridgehead atoms. The molecule has 5 aromatic rings. The Morgan fingerprint density at radius 2 is 1.36 bits per heavy atom. The van der Waals surface area contributed by atoms with Crippen LogP contribution in [0.2, 0.25) is 0 Å². The average molecular weight is 463 g/mol. The summed E-state index contributed by atoms with van der Waals surface area (Å²) in [6.07, 6.45) is 3.97. The fourth-order valence-corrected chi connectivity index (χ4v) is 6.33. The summed E-state index contributed by atoms with van der Waals surface area (Å²) in [6.45, 7) is 6.66. The molecule has 0 spiro atoms. The molecule has 0 atom stereocenters. The van der Waals surface area contributed by atoms with Crippen LogP contribution in [0.3, 0.4) is 0 Å². The van der Waals surface area contributed by atoms with Gasteiger partial charge < -0.3 is 9.71 Å². The second-order valence-corrected chi connectivity index (χ2v) is 9.88. The highest BCUT2D eigenvalue weighted by molar-refractivity contribution is 6.93. The summed E-state index contributed by atoms with van der Waals surface area (Å²) in [5, 5.41) is 0. The standard InChI is InChI=1S/C32H26BN3/c1-21-18-22(2)32(23(3)19-21)35-29-15-9-13-26-25-12-7-8-14-28(25)36(24-10-5-4-6-11-24)33(31(26)29)27-16-17-34-20-30(27)35/h4-20H,1-3H3. The van der Waals surface area contributed by atoms with Gasteiger partial charge >= 0.3 is 6.85 Å². The number of anilines is 5. The van der Waals surface area contributed by atoms with Crippen LogP contribution < -0.4 is 20.6 Å². The third kappa shape index (κ3) is 2.91. The molecule has 0 saturated heterocycles. The molecule has 4 aromatic carbocycles. The topological polar surface area (TPSA) is 19.4 Å². The predicted octanol–water partition coefficient (Wildman–Crippen LogP) is 6.71. The number of pyridine rings is 1. The number of aromatic nitrogens is 1. The van der Waals surface area contributed by atoms with E-state index < -0.39 is 0 Å². The summed E-state index contributed by atoms with van der Waals surface area (Å²) >= 11 is 0. The van der Waals surface area contributed by atoms with Gasteiger partial charge in [0.25, 0.3) is 0 Å². The van der Waals surface area contributed by atoms with Crippen LogP contribution in [0, 0.1) is 20.8 Å². The Hall–Kier alpha value is -4.31.